The molecule has 0 aliphatic carbocycles. The molecule has 0 spiro atoms. The second-order valence-corrected chi connectivity index (χ2v) is 5.99. The minimum Gasteiger partial charge on any atom is -0.457 e. The Hall–Kier alpha value is -2.15. The Morgan fingerprint density at radius 2 is 1.81 bits per heavy atom. The highest BCUT2D eigenvalue weighted by atomic mass is 35.5. The zero-order valence-electron chi connectivity index (χ0n) is 14.5. The van der Waals surface area contributed by atoms with E-state index < -0.39 is 5.60 Å². The molecule has 1 heterocycles. The van der Waals surface area contributed by atoms with Gasteiger partial charge >= 0.3 is 0 Å². The smallest absolute Gasteiger partial charge is 0.256 e. The van der Waals surface area contributed by atoms with Gasteiger partial charge in [0.25, 0.3) is 5.91 Å². The number of anilines is 1. The summed E-state index contributed by atoms with van der Waals surface area (Å²) in [5.41, 5.74) is -0.131. The van der Waals surface area contributed by atoms with Gasteiger partial charge in [-0.25, -0.2) is 4.39 Å². The first-order valence-corrected chi connectivity index (χ1v) is 8.22. The summed E-state index contributed by atoms with van der Waals surface area (Å²) in [5.74, 6) is 0.486. The highest BCUT2D eigenvalue weighted by Gasteiger charge is 2.39. The lowest BCUT2D eigenvalue weighted by molar-refractivity contribution is -0.140. The van der Waals surface area contributed by atoms with E-state index in [1.54, 1.807) is 43.5 Å². The third kappa shape index (κ3) is 4.72. The van der Waals surface area contributed by atoms with E-state index in [-0.39, 0.29) is 24.1 Å². The van der Waals surface area contributed by atoms with Gasteiger partial charge in [-0.15, -0.1) is 12.4 Å². The van der Waals surface area contributed by atoms with Gasteiger partial charge in [0.1, 0.15) is 22.9 Å². The van der Waals surface area contributed by atoms with Gasteiger partial charge in [-0.05, 0) is 62.3 Å². The summed E-state index contributed by atoms with van der Waals surface area (Å²) in [6, 6.07) is 12.9. The fraction of sp³-hybridized carbons (Fsp3) is 0.316. The van der Waals surface area contributed by atoms with Crippen molar-refractivity contribution in [3.63, 3.8) is 0 Å². The first-order valence-electron chi connectivity index (χ1n) is 8.22. The highest BCUT2D eigenvalue weighted by molar-refractivity contribution is 5.97. The van der Waals surface area contributed by atoms with Crippen molar-refractivity contribution in [3.05, 3.63) is 54.3 Å². The standard InChI is InChI=1S/C19H21FN2O3.ClH/c1-24-19(9-11-21-12-10-19)18(23)22-15-5-7-16(8-6-15)25-17-4-2-3-14(20)13-17;/h2-8,13,21H,9-12H2,1H3,(H,22,23);1H. The van der Waals surface area contributed by atoms with Crippen molar-refractivity contribution < 1.29 is 18.7 Å². The number of nitrogens with one attached hydrogen (secondary N) is 2. The molecule has 140 valence electrons. The molecule has 7 heteroatoms. The van der Waals surface area contributed by atoms with Gasteiger partial charge in [-0.2, -0.15) is 0 Å². The maximum absolute atomic E-state index is 13.2. The molecular formula is C19H22ClFN2O3. The third-order valence-electron chi connectivity index (χ3n) is 4.36. The molecule has 1 aliphatic rings. The van der Waals surface area contributed by atoms with E-state index >= 15 is 0 Å². The molecule has 5 nitrogen and oxygen atoms in total. The first kappa shape index (κ1) is 20.2. The van der Waals surface area contributed by atoms with Crippen LogP contribution in [0.2, 0.25) is 0 Å². The zero-order valence-corrected chi connectivity index (χ0v) is 15.3. The number of carbonyl (C=O) groups excluding carboxylic acids is 1. The fourth-order valence-corrected chi connectivity index (χ4v) is 2.87. The van der Waals surface area contributed by atoms with E-state index in [1.165, 1.54) is 12.1 Å². The van der Waals surface area contributed by atoms with Crippen LogP contribution in [0.15, 0.2) is 48.5 Å². The van der Waals surface area contributed by atoms with Gasteiger partial charge in [0, 0.05) is 18.9 Å². The van der Waals surface area contributed by atoms with E-state index in [2.05, 4.69) is 10.6 Å². The van der Waals surface area contributed by atoms with Crippen LogP contribution >= 0.6 is 12.4 Å². The van der Waals surface area contributed by atoms with Gasteiger partial charge in [-0.3, -0.25) is 4.79 Å². The van der Waals surface area contributed by atoms with E-state index in [0.29, 0.717) is 30.0 Å². The van der Waals surface area contributed by atoms with Gasteiger partial charge in [0.05, 0.1) is 0 Å². The lowest BCUT2D eigenvalue weighted by Crippen LogP contribution is -2.51. The average Bonchev–Trinajstić information content (AvgIpc) is 2.64. The Balaban J connectivity index is 0.00000243. The Bertz CT molecular complexity index is 734. The molecule has 0 radical (unpaired) electrons. The first-order chi connectivity index (χ1) is 12.1. The van der Waals surface area contributed by atoms with Gasteiger partial charge in [0.15, 0.2) is 0 Å². The normalized spacial score (nSPS) is 15.6. The maximum Gasteiger partial charge on any atom is 0.256 e. The number of rotatable bonds is 5. The maximum atomic E-state index is 13.2. The lowest BCUT2D eigenvalue weighted by atomic mass is 9.91. The minimum atomic E-state index is -0.790. The van der Waals surface area contributed by atoms with E-state index in [1.807, 2.05) is 0 Å². The predicted octanol–water partition coefficient (Wildman–Crippen LogP) is 3.75. The number of methoxy groups -OCH3 is 1. The number of hydrogen-bond donors (Lipinski definition) is 2. The van der Waals surface area contributed by atoms with Crippen LogP contribution in [0.4, 0.5) is 10.1 Å². The van der Waals surface area contributed by atoms with Crippen LogP contribution in [0.5, 0.6) is 11.5 Å². The number of hydrogen-bond acceptors (Lipinski definition) is 4. The molecule has 3 rings (SSSR count). The van der Waals surface area contributed by atoms with Crippen LogP contribution in [0, 0.1) is 5.82 Å². The minimum absolute atomic E-state index is 0. The van der Waals surface area contributed by atoms with Crippen molar-refractivity contribution >= 4 is 24.0 Å². The monoisotopic (exact) mass is 380 g/mol. The molecule has 1 saturated heterocycles. The summed E-state index contributed by atoms with van der Waals surface area (Å²) < 4.78 is 24.3. The molecule has 1 amide bonds. The van der Waals surface area contributed by atoms with E-state index in [9.17, 15) is 9.18 Å². The summed E-state index contributed by atoms with van der Waals surface area (Å²) in [5, 5.41) is 6.12. The SMILES string of the molecule is COC1(C(=O)Nc2ccc(Oc3cccc(F)c3)cc2)CCNCC1.Cl. The van der Waals surface area contributed by atoms with Crippen LogP contribution in [0.1, 0.15) is 12.8 Å². The summed E-state index contributed by atoms with van der Waals surface area (Å²) >= 11 is 0. The fourth-order valence-electron chi connectivity index (χ4n) is 2.87. The largest absolute Gasteiger partial charge is 0.457 e. The Morgan fingerprint density at radius 3 is 2.42 bits per heavy atom. The van der Waals surface area contributed by atoms with Crippen molar-refractivity contribution in [2.75, 3.05) is 25.5 Å². The van der Waals surface area contributed by atoms with Crippen molar-refractivity contribution in [1.29, 1.82) is 0 Å². The van der Waals surface area contributed by atoms with Gasteiger partial charge in [0.2, 0.25) is 0 Å². The number of ether oxygens (including phenoxy) is 2. The number of halogens is 2. The number of piperidine rings is 1. The lowest BCUT2D eigenvalue weighted by Gasteiger charge is -2.34. The topological polar surface area (TPSA) is 59.6 Å². The predicted molar refractivity (Wildman–Crippen MR) is 101 cm³/mol. The Labute approximate surface area is 158 Å². The molecule has 1 aliphatic heterocycles. The molecule has 2 N–H and O–H groups in total. The van der Waals surface area contributed by atoms with Gasteiger partial charge in [-0.1, -0.05) is 6.07 Å². The summed E-state index contributed by atoms with van der Waals surface area (Å²) in [6.07, 6.45) is 1.27. The molecule has 0 aromatic heterocycles. The van der Waals surface area contributed by atoms with Crippen LogP contribution < -0.4 is 15.4 Å². The van der Waals surface area contributed by atoms with E-state index in [4.69, 9.17) is 9.47 Å². The highest BCUT2D eigenvalue weighted by Crippen LogP contribution is 2.26. The van der Waals surface area contributed by atoms with Crippen molar-refractivity contribution in [2.24, 2.45) is 0 Å². The van der Waals surface area contributed by atoms with Crippen LogP contribution in [-0.2, 0) is 9.53 Å². The van der Waals surface area contributed by atoms with Crippen LogP contribution in [0.3, 0.4) is 0 Å². The molecule has 2 aromatic carbocycles. The van der Waals surface area contributed by atoms with Crippen molar-refractivity contribution in [1.82, 2.24) is 5.32 Å². The number of benzene rings is 2. The zero-order chi connectivity index (χ0) is 17.7. The second-order valence-electron chi connectivity index (χ2n) is 5.99. The molecule has 0 bridgehead atoms. The average molecular weight is 381 g/mol. The van der Waals surface area contributed by atoms with Crippen LogP contribution in [0.25, 0.3) is 0 Å². The summed E-state index contributed by atoms with van der Waals surface area (Å²) in [6.45, 7) is 1.50. The molecule has 0 saturated carbocycles. The number of carbonyl (C=O) groups is 1. The molecule has 0 atom stereocenters. The number of amides is 1. The second kappa shape index (κ2) is 8.98. The van der Waals surface area contributed by atoms with Gasteiger partial charge < -0.3 is 20.1 Å². The van der Waals surface area contributed by atoms with E-state index in [0.717, 1.165) is 13.1 Å². The molecule has 1 fully saturated rings. The Kier molecular flexibility index (Phi) is 6.97. The quantitative estimate of drug-likeness (QED) is 0.829. The van der Waals surface area contributed by atoms with Crippen molar-refractivity contribution in [3.8, 4) is 11.5 Å². The van der Waals surface area contributed by atoms with Crippen LogP contribution in [-0.4, -0.2) is 31.7 Å². The van der Waals surface area contributed by atoms with Crippen molar-refractivity contribution in [2.45, 2.75) is 18.4 Å². The third-order valence-corrected chi connectivity index (χ3v) is 4.36. The molecule has 2 aromatic rings. The molecular weight excluding hydrogens is 359 g/mol. The Morgan fingerprint density at radius 1 is 1.12 bits per heavy atom. The molecule has 0 unspecified atom stereocenters. The summed E-state index contributed by atoms with van der Waals surface area (Å²) in [7, 11) is 1.57. The summed E-state index contributed by atoms with van der Waals surface area (Å²) in [4.78, 5) is 12.6. The molecule has 26 heavy (non-hydrogen) atoms.